The van der Waals surface area contributed by atoms with Crippen LogP contribution in [0.2, 0.25) is 0 Å². The lowest BCUT2D eigenvalue weighted by Crippen LogP contribution is -2.47. The van der Waals surface area contributed by atoms with Gasteiger partial charge in [0, 0.05) is 29.8 Å². The summed E-state index contributed by atoms with van der Waals surface area (Å²) in [5.74, 6) is 0.0948. The van der Waals surface area contributed by atoms with Gasteiger partial charge in [0.2, 0.25) is 5.91 Å². The predicted molar refractivity (Wildman–Crippen MR) is 95.0 cm³/mol. The molecule has 1 amide bonds. The standard InChI is InChI=1S/C16H31BrN2O5/c1-15(2)14(20)18(16(3,4)19(15)17)6-7-22-10-11-24-13-12-23-9-8-21-5/h6-13H2,1-5H3. The van der Waals surface area contributed by atoms with Crippen molar-refractivity contribution in [2.24, 2.45) is 0 Å². The topological polar surface area (TPSA) is 60.5 Å². The van der Waals surface area contributed by atoms with Gasteiger partial charge in [-0.05, 0) is 27.7 Å². The normalized spacial score (nSPS) is 20.1. The maximum atomic E-state index is 12.5. The van der Waals surface area contributed by atoms with E-state index in [4.69, 9.17) is 18.9 Å². The summed E-state index contributed by atoms with van der Waals surface area (Å²) in [5, 5.41) is 0. The zero-order valence-electron chi connectivity index (χ0n) is 15.5. The molecule has 0 spiro atoms. The van der Waals surface area contributed by atoms with Crippen molar-refractivity contribution in [3.05, 3.63) is 0 Å². The monoisotopic (exact) mass is 410 g/mol. The van der Waals surface area contributed by atoms with Crippen LogP contribution in [0.15, 0.2) is 0 Å². The summed E-state index contributed by atoms with van der Waals surface area (Å²) in [6.45, 7) is 12.2. The molecule has 0 aliphatic carbocycles. The Morgan fingerprint density at radius 2 is 1.33 bits per heavy atom. The molecule has 1 fully saturated rings. The number of halogens is 1. The molecule has 0 saturated carbocycles. The molecule has 24 heavy (non-hydrogen) atoms. The van der Waals surface area contributed by atoms with Crippen molar-refractivity contribution < 1.29 is 23.7 Å². The van der Waals surface area contributed by atoms with Gasteiger partial charge < -0.3 is 23.8 Å². The van der Waals surface area contributed by atoms with Crippen LogP contribution in [0, 0.1) is 0 Å². The number of nitrogens with zero attached hydrogens (tertiary/aromatic N) is 2. The summed E-state index contributed by atoms with van der Waals surface area (Å²) in [7, 11) is 1.64. The maximum absolute atomic E-state index is 12.5. The number of carbonyl (C=O) groups is 1. The molecule has 1 aliphatic rings. The molecule has 1 heterocycles. The molecule has 0 bridgehead atoms. The van der Waals surface area contributed by atoms with E-state index in [9.17, 15) is 4.79 Å². The predicted octanol–water partition coefficient (Wildman–Crippen LogP) is 1.65. The molecule has 1 rings (SSSR count). The van der Waals surface area contributed by atoms with E-state index >= 15 is 0 Å². The van der Waals surface area contributed by atoms with Crippen LogP contribution in [0.4, 0.5) is 0 Å². The third-order valence-corrected chi connectivity index (χ3v) is 5.79. The van der Waals surface area contributed by atoms with Gasteiger partial charge in [0.25, 0.3) is 0 Å². The summed E-state index contributed by atoms with van der Waals surface area (Å²) in [5.41, 5.74) is -0.949. The van der Waals surface area contributed by atoms with E-state index in [2.05, 4.69) is 16.1 Å². The van der Waals surface area contributed by atoms with Gasteiger partial charge in [-0.15, -0.1) is 0 Å². The average molecular weight is 411 g/mol. The van der Waals surface area contributed by atoms with Crippen LogP contribution < -0.4 is 0 Å². The summed E-state index contributed by atoms with van der Waals surface area (Å²) >= 11 is 3.53. The molecule has 7 nitrogen and oxygen atoms in total. The van der Waals surface area contributed by atoms with Gasteiger partial charge in [-0.2, -0.15) is 0 Å². The first-order valence-electron chi connectivity index (χ1n) is 8.26. The number of amides is 1. The molecule has 0 aromatic carbocycles. The number of ether oxygens (including phenoxy) is 4. The van der Waals surface area contributed by atoms with Crippen LogP contribution in [-0.2, 0) is 23.7 Å². The zero-order valence-corrected chi connectivity index (χ0v) is 17.1. The number of rotatable bonds is 12. The fourth-order valence-electron chi connectivity index (χ4n) is 2.67. The Hall–Kier alpha value is -0.250. The second kappa shape index (κ2) is 10.0. The van der Waals surface area contributed by atoms with Crippen molar-refractivity contribution >= 4 is 22.1 Å². The summed E-state index contributed by atoms with van der Waals surface area (Å²) in [6.07, 6.45) is 0. The lowest BCUT2D eigenvalue weighted by molar-refractivity contribution is -0.134. The number of methoxy groups -OCH3 is 1. The lowest BCUT2D eigenvalue weighted by atomic mass is 10.1. The molecule has 0 unspecified atom stereocenters. The highest BCUT2D eigenvalue weighted by Crippen LogP contribution is 2.40. The highest BCUT2D eigenvalue weighted by atomic mass is 79.9. The highest BCUT2D eigenvalue weighted by molar-refractivity contribution is 9.07. The quantitative estimate of drug-likeness (QED) is 0.360. The number of carbonyl (C=O) groups excluding carboxylic acids is 1. The second-order valence-electron chi connectivity index (χ2n) is 6.62. The Bertz CT molecular complexity index is 393. The van der Waals surface area contributed by atoms with Crippen LogP contribution in [0.3, 0.4) is 0 Å². The Labute approximate surface area is 153 Å². The third-order valence-electron chi connectivity index (χ3n) is 4.04. The summed E-state index contributed by atoms with van der Waals surface area (Å²) in [4.78, 5) is 14.4. The van der Waals surface area contributed by atoms with Gasteiger partial charge in [-0.3, -0.25) is 4.79 Å². The fraction of sp³-hybridized carbons (Fsp3) is 0.938. The van der Waals surface area contributed by atoms with Gasteiger partial charge in [-0.1, -0.05) is 0 Å². The molecule has 0 aromatic rings. The molecule has 0 aromatic heterocycles. The maximum Gasteiger partial charge on any atom is 0.245 e. The number of hydrogen-bond donors (Lipinski definition) is 0. The van der Waals surface area contributed by atoms with Gasteiger partial charge in [0.05, 0.1) is 46.2 Å². The first-order valence-corrected chi connectivity index (χ1v) is 8.97. The molecular weight excluding hydrogens is 380 g/mol. The van der Waals surface area contributed by atoms with Gasteiger partial charge in [-0.25, -0.2) is 3.93 Å². The van der Waals surface area contributed by atoms with E-state index in [1.165, 1.54) is 0 Å². The molecule has 1 aliphatic heterocycles. The van der Waals surface area contributed by atoms with E-state index in [1.807, 2.05) is 36.5 Å². The fourth-order valence-corrected chi connectivity index (χ4v) is 3.01. The molecule has 0 radical (unpaired) electrons. The van der Waals surface area contributed by atoms with Gasteiger partial charge in [0.15, 0.2) is 0 Å². The van der Waals surface area contributed by atoms with E-state index in [1.54, 1.807) is 7.11 Å². The largest absolute Gasteiger partial charge is 0.382 e. The van der Waals surface area contributed by atoms with Crippen LogP contribution >= 0.6 is 16.1 Å². The molecular formula is C16H31BrN2O5. The first-order chi connectivity index (χ1) is 11.3. The average Bonchev–Trinajstić information content (AvgIpc) is 2.64. The smallest absolute Gasteiger partial charge is 0.245 e. The molecule has 8 heteroatoms. The molecule has 0 N–H and O–H groups in total. The minimum Gasteiger partial charge on any atom is -0.382 e. The van der Waals surface area contributed by atoms with Crippen LogP contribution in [0.5, 0.6) is 0 Å². The number of hydrogen-bond acceptors (Lipinski definition) is 6. The Balaban J connectivity index is 2.12. The Morgan fingerprint density at radius 1 is 0.875 bits per heavy atom. The van der Waals surface area contributed by atoms with Crippen LogP contribution in [-0.4, -0.2) is 85.8 Å². The van der Waals surface area contributed by atoms with Gasteiger partial charge in [0.1, 0.15) is 11.2 Å². The SMILES string of the molecule is COCCOCCOCCOCCN1C(=O)C(C)(C)N(Br)C1(C)C. The van der Waals surface area contributed by atoms with Crippen molar-refractivity contribution in [1.29, 1.82) is 0 Å². The second-order valence-corrected chi connectivity index (χ2v) is 7.33. The zero-order chi connectivity index (χ0) is 18.2. The minimum absolute atomic E-state index is 0.0948. The van der Waals surface area contributed by atoms with E-state index in [-0.39, 0.29) is 11.6 Å². The molecule has 0 atom stereocenters. The summed E-state index contributed by atoms with van der Waals surface area (Å²) in [6, 6.07) is 0. The van der Waals surface area contributed by atoms with Crippen molar-refractivity contribution in [3.8, 4) is 0 Å². The van der Waals surface area contributed by atoms with E-state index in [0.29, 0.717) is 52.8 Å². The molecule has 1 saturated heterocycles. The minimum atomic E-state index is -0.560. The van der Waals surface area contributed by atoms with Crippen molar-refractivity contribution in [3.63, 3.8) is 0 Å². The lowest BCUT2D eigenvalue weighted by Gasteiger charge is -2.35. The highest BCUT2D eigenvalue weighted by Gasteiger charge is 2.55. The summed E-state index contributed by atoms with van der Waals surface area (Å²) < 4.78 is 23.1. The Kier molecular flexibility index (Phi) is 9.11. The van der Waals surface area contributed by atoms with E-state index in [0.717, 1.165) is 0 Å². The van der Waals surface area contributed by atoms with Crippen LogP contribution in [0.1, 0.15) is 27.7 Å². The Morgan fingerprint density at radius 3 is 1.75 bits per heavy atom. The van der Waals surface area contributed by atoms with Crippen molar-refractivity contribution in [1.82, 2.24) is 8.83 Å². The van der Waals surface area contributed by atoms with E-state index < -0.39 is 5.54 Å². The molecule has 142 valence electrons. The van der Waals surface area contributed by atoms with Crippen LogP contribution in [0.25, 0.3) is 0 Å². The van der Waals surface area contributed by atoms with Crippen molar-refractivity contribution in [2.45, 2.75) is 38.9 Å². The van der Waals surface area contributed by atoms with Crippen molar-refractivity contribution in [2.75, 3.05) is 59.9 Å². The third kappa shape index (κ3) is 5.64. The van der Waals surface area contributed by atoms with Gasteiger partial charge >= 0.3 is 0 Å². The first kappa shape index (κ1) is 21.8.